The number of nitrogens with one attached hydrogen (secondary N) is 1. The summed E-state index contributed by atoms with van der Waals surface area (Å²) in [6.45, 7) is 2.72. The van der Waals surface area contributed by atoms with E-state index in [-0.39, 0.29) is 0 Å². The van der Waals surface area contributed by atoms with Crippen LogP contribution in [0.2, 0.25) is 0 Å². The minimum absolute atomic E-state index is 0.381. The van der Waals surface area contributed by atoms with Crippen molar-refractivity contribution in [1.29, 1.82) is 0 Å². The number of aliphatic hydroxyl groups excluding tert-OH is 1. The second-order valence-corrected chi connectivity index (χ2v) is 5.13. The summed E-state index contributed by atoms with van der Waals surface area (Å²) in [5, 5.41) is 13.4. The minimum atomic E-state index is -0.475. The number of hydrogen-bond donors (Lipinski definition) is 2. The largest absolute Gasteiger partial charge is 0.387 e. The third-order valence-electron chi connectivity index (χ3n) is 3.46. The van der Waals surface area contributed by atoms with Crippen molar-refractivity contribution in [3.63, 3.8) is 0 Å². The summed E-state index contributed by atoms with van der Waals surface area (Å²) in [5.41, 5.74) is 2.26. The van der Waals surface area contributed by atoms with Gasteiger partial charge in [0.05, 0.1) is 6.10 Å². The van der Waals surface area contributed by atoms with Gasteiger partial charge in [0, 0.05) is 25.0 Å². The maximum atomic E-state index is 10.1. The first-order valence-electron chi connectivity index (χ1n) is 7.11. The van der Waals surface area contributed by atoms with Gasteiger partial charge < -0.3 is 10.4 Å². The molecule has 0 saturated heterocycles. The molecule has 0 bridgehead atoms. The normalized spacial score (nSPS) is 13.9. The van der Waals surface area contributed by atoms with Crippen molar-refractivity contribution in [1.82, 2.24) is 10.3 Å². The van der Waals surface area contributed by atoms with Gasteiger partial charge in [-0.05, 0) is 43.0 Å². The van der Waals surface area contributed by atoms with Crippen LogP contribution in [-0.2, 0) is 6.42 Å². The third-order valence-corrected chi connectivity index (χ3v) is 3.46. The third kappa shape index (κ3) is 4.76. The van der Waals surface area contributed by atoms with Crippen LogP contribution in [0.15, 0.2) is 54.9 Å². The van der Waals surface area contributed by atoms with Crippen LogP contribution in [0.3, 0.4) is 0 Å². The van der Waals surface area contributed by atoms with E-state index in [0.29, 0.717) is 12.6 Å². The summed E-state index contributed by atoms with van der Waals surface area (Å²) >= 11 is 0. The van der Waals surface area contributed by atoms with E-state index in [1.807, 2.05) is 18.2 Å². The van der Waals surface area contributed by atoms with Gasteiger partial charge in [0.25, 0.3) is 0 Å². The molecule has 1 aromatic heterocycles. The molecule has 20 heavy (non-hydrogen) atoms. The van der Waals surface area contributed by atoms with E-state index in [2.05, 4.69) is 41.5 Å². The van der Waals surface area contributed by atoms with Gasteiger partial charge in [-0.15, -0.1) is 0 Å². The molecule has 0 fully saturated rings. The average Bonchev–Trinajstić information content (AvgIpc) is 2.52. The number of nitrogens with zero attached hydrogens (tertiary/aromatic N) is 1. The Morgan fingerprint density at radius 1 is 1.10 bits per heavy atom. The zero-order chi connectivity index (χ0) is 14.2. The molecule has 0 saturated carbocycles. The number of hydrogen-bond acceptors (Lipinski definition) is 3. The van der Waals surface area contributed by atoms with Gasteiger partial charge in [0.15, 0.2) is 0 Å². The SMILES string of the molecule is CC(CCc1ccccc1)NCC(O)c1ccncc1. The first-order valence-corrected chi connectivity index (χ1v) is 7.11. The van der Waals surface area contributed by atoms with Crippen molar-refractivity contribution < 1.29 is 5.11 Å². The fourth-order valence-corrected chi connectivity index (χ4v) is 2.15. The van der Waals surface area contributed by atoms with Crippen molar-refractivity contribution in [3.8, 4) is 0 Å². The zero-order valence-corrected chi connectivity index (χ0v) is 11.9. The van der Waals surface area contributed by atoms with Gasteiger partial charge in [-0.2, -0.15) is 0 Å². The Kier molecular flexibility index (Phi) is 5.71. The number of aromatic nitrogens is 1. The molecule has 2 rings (SSSR count). The van der Waals surface area contributed by atoms with E-state index in [1.165, 1.54) is 5.56 Å². The van der Waals surface area contributed by atoms with Crippen molar-refractivity contribution in [2.24, 2.45) is 0 Å². The number of rotatable bonds is 7. The number of benzene rings is 1. The van der Waals surface area contributed by atoms with E-state index >= 15 is 0 Å². The summed E-state index contributed by atoms with van der Waals surface area (Å²) in [6, 6.07) is 14.6. The van der Waals surface area contributed by atoms with Crippen LogP contribution in [0.5, 0.6) is 0 Å². The molecule has 2 N–H and O–H groups in total. The van der Waals surface area contributed by atoms with E-state index in [0.717, 1.165) is 18.4 Å². The number of aryl methyl sites for hydroxylation is 1. The predicted octanol–water partition coefficient (Wildman–Crippen LogP) is 2.73. The van der Waals surface area contributed by atoms with Crippen molar-refractivity contribution in [2.75, 3.05) is 6.54 Å². The van der Waals surface area contributed by atoms with E-state index in [9.17, 15) is 5.11 Å². The standard InChI is InChI=1S/C17H22N2O/c1-14(7-8-15-5-3-2-4-6-15)19-13-17(20)16-9-11-18-12-10-16/h2-6,9-12,14,17,19-20H,7-8,13H2,1H3. The summed E-state index contributed by atoms with van der Waals surface area (Å²) in [6.07, 6.45) is 5.06. The molecule has 0 aliphatic carbocycles. The molecule has 2 aromatic rings. The maximum Gasteiger partial charge on any atom is 0.0915 e. The Morgan fingerprint density at radius 2 is 1.80 bits per heavy atom. The smallest absolute Gasteiger partial charge is 0.0915 e. The average molecular weight is 270 g/mol. The lowest BCUT2D eigenvalue weighted by atomic mass is 10.1. The molecule has 0 aliphatic heterocycles. The maximum absolute atomic E-state index is 10.1. The van der Waals surface area contributed by atoms with Crippen LogP contribution in [0.4, 0.5) is 0 Å². The Hall–Kier alpha value is -1.71. The predicted molar refractivity (Wildman–Crippen MR) is 81.4 cm³/mol. The van der Waals surface area contributed by atoms with Crippen LogP contribution in [0.1, 0.15) is 30.6 Å². The van der Waals surface area contributed by atoms with Gasteiger partial charge in [-0.25, -0.2) is 0 Å². The van der Waals surface area contributed by atoms with Gasteiger partial charge in [0.2, 0.25) is 0 Å². The summed E-state index contributed by atoms with van der Waals surface area (Å²) < 4.78 is 0. The molecule has 0 aliphatic rings. The fraction of sp³-hybridized carbons (Fsp3) is 0.353. The van der Waals surface area contributed by atoms with Crippen LogP contribution >= 0.6 is 0 Å². The molecule has 1 heterocycles. The van der Waals surface area contributed by atoms with E-state index in [1.54, 1.807) is 12.4 Å². The number of aliphatic hydroxyl groups is 1. The molecular formula is C17H22N2O. The monoisotopic (exact) mass is 270 g/mol. The van der Waals surface area contributed by atoms with Gasteiger partial charge in [-0.3, -0.25) is 4.98 Å². The highest BCUT2D eigenvalue weighted by atomic mass is 16.3. The van der Waals surface area contributed by atoms with Gasteiger partial charge in [-0.1, -0.05) is 30.3 Å². The fourth-order valence-electron chi connectivity index (χ4n) is 2.15. The van der Waals surface area contributed by atoms with Crippen molar-refractivity contribution in [2.45, 2.75) is 31.9 Å². The minimum Gasteiger partial charge on any atom is -0.387 e. The summed E-state index contributed by atoms with van der Waals surface area (Å²) in [5.74, 6) is 0. The first-order chi connectivity index (χ1) is 9.75. The highest BCUT2D eigenvalue weighted by Crippen LogP contribution is 2.11. The Bertz CT molecular complexity index is 487. The molecule has 3 nitrogen and oxygen atoms in total. The second-order valence-electron chi connectivity index (χ2n) is 5.13. The molecule has 0 spiro atoms. The second kappa shape index (κ2) is 7.78. The van der Waals surface area contributed by atoms with Crippen LogP contribution < -0.4 is 5.32 Å². The molecule has 3 heteroatoms. The van der Waals surface area contributed by atoms with E-state index < -0.39 is 6.10 Å². The topological polar surface area (TPSA) is 45.1 Å². The molecule has 0 radical (unpaired) electrons. The van der Waals surface area contributed by atoms with Gasteiger partial charge >= 0.3 is 0 Å². The van der Waals surface area contributed by atoms with E-state index in [4.69, 9.17) is 0 Å². The zero-order valence-electron chi connectivity index (χ0n) is 11.9. The molecular weight excluding hydrogens is 248 g/mol. The highest BCUT2D eigenvalue weighted by Gasteiger charge is 2.09. The lowest BCUT2D eigenvalue weighted by molar-refractivity contribution is 0.170. The van der Waals surface area contributed by atoms with Crippen LogP contribution in [-0.4, -0.2) is 22.7 Å². The first kappa shape index (κ1) is 14.7. The Balaban J connectivity index is 1.71. The summed E-state index contributed by atoms with van der Waals surface area (Å²) in [7, 11) is 0. The quantitative estimate of drug-likeness (QED) is 0.813. The van der Waals surface area contributed by atoms with Crippen LogP contribution in [0, 0.1) is 0 Å². The number of pyridine rings is 1. The Morgan fingerprint density at radius 3 is 2.50 bits per heavy atom. The van der Waals surface area contributed by atoms with Gasteiger partial charge in [0.1, 0.15) is 0 Å². The molecule has 0 amide bonds. The molecule has 2 unspecified atom stereocenters. The lowest BCUT2D eigenvalue weighted by Gasteiger charge is -2.17. The molecule has 1 aromatic carbocycles. The Labute approximate surface area is 120 Å². The summed E-state index contributed by atoms with van der Waals surface area (Å²) in [4.78, 5) is 3.95. The molecule has 106 valence electrons. The van der Waals surface area contributed by atoms with Crippen LogP contribution in [0.25, 0.3) is 0 Å². The van der Waals surface area contributed by atoms with Crippen molar-refractivity contribution >= 4 is 0 Å². The highest BCUT2D eigenvalue weighted by molar-refractivity contribution is 5.15. The van der Waals surface area contributed by atoms with Crippen molar-refractivity contribution in [3.05, 3.63) is 66.0 Å². The molecule has 2 atom stereocenters. The lowest BCUT2D eigenvalue weighted by Crippen LogP contribution is -2.30.